The summed E-state index contributed by atoms with van der Waals surface area (Å²) in [6.45, 7) is 0.806. The van der Waals surface area contributed by atoms with E-state index < -0.39 is 0 Å². The van der Waals surface area contributed by atoms with Gasteiger partial charge in [0.15, 0.2) is 0 Å². The van der Waals surface area contributed by atoms with Gasteiger partial charge in [0.05, 0.1) is 16.1 Å². The first-order chi connectivity index (χ1) is 7.09. The van der Waals surface area contributed by atoms with E-state index in [1.54, 1.807) is 23.1 Å². The number of aliphatic hydroxyl groups is 1. The Morgan fingerprint density at radius 2 is 2.20 bits per heavy atom. The van der Waals surface area contributed by atoms with Gasteiger partial charge in [0.2, 0.25) is 0 Å². The number of anilines is 1. The van der Waals surface area contributed by atoms with Crippen molar-refractivity contribution in [2.75, 3.05) is 18.8 Å². The minimum Gasteiger partial charge on any atom is -0.398 e. The van der Waals surface area contributed by atoms with Crippen LogP contribution < -0.4 is 5.73 Å². The number of halogens is 1. The minimum atomic E-state index is -0.381. The van der Waals surface area contributed by atoms with Crippen molar-refractivity contribution >= 4 is 27.5 Å². The maximum absolute atomic E-state index is 11.9. The van der Waals surface area contributed by atoms with Crippen LogP contribution in [0.25, 0.3) is 0 Å². The standard InChI is InChI=1S/C10H11BrN2O2/c11-9-7(2-1-3-8(9)12)10(15)13-4-6(14)5-13/h1-3,6,14H,4-5,12H2. The molecule has 1 heterocycles. The van der Waals surface area contributed by atoms with Gasteiger partial charge in [-0.25, -0.2) is 0 Å². The number of rotatable bonds is 1. The molecule has 2 rings (SSSR count). The van der Waals surface area contributed by atoms with Gasteiger partial charge in [-0.05, 0) is 28.1 Å². The zero-order chi connectivity index (χ0) is 11.0. The summed E-state index contributed by atoms with van der Waals surface area (Å²) in [6.07, 6.45) is -0.381. The first-order valence-electron chi connectivity index (χ1n) is 4.61. The van der Waals surface area contributed by atoms with Gasteiger partial charge in [0, 0.05) is 18.8 Å². The molecule has 80 valence electrons. The third kappa shape index (κ3) is 1.85. The molecule has 1 aromatic carbocycles. The number of likely N-dealkylation sites (tertiary alicyclic amines) is 1. The van der Waals surface area contributed by atoms with Gasteiger partial charge in [-0.3, -0.25) is 4.79 Å². The Kier molecular flexibility index (Phi) is 2.67. The zero-order valence-corrected chi connectivity index (χ0v) is 9.57. The lowest BCUT2D eigenvalue weighted by molar-refractivity contribution is 0.00584. The first-order valence-corrected chi connectivity index (χ1v) is 5.40. The van der Waals surface area contributed by atoms with Crippen molar-refractivity contribution in [3.63, 3.8) is 0 Å². The molecule has 1 aliphatic heterocycles. The molecular weight excluding hydrogens is 260 g/mol. The lowest BCUT2D eigenvalue weighted by Crippen LogP contribution is -2.53. The van der Waals surface area contributed by atoms with Crippen LogP contribution in [0, 0.1) is 0 Å². The molecule has 3 N–H and O–H groups in total. The monoisotopic (exact) mass is 270 g/mol. The number of hydrogen-bond acceptors (Lipinski definition) is 3. The van der Waals surface area contributed by atoms with Gasteiger partial charge in [-0.15, -0.1) is 0 Å². The molecule has 0 saturated carbocycles. The Morgan fingerprint density at radius 3 is 2.80 bits per heavy atom. The molecule has 0 unspecified atom stereocenters. The van der Waals surface area contributed by atoms with Crippen molar-refractivity contribution in [2.45, 2.75) is 6.10 Å². The smallest absolute Gasteiger partial charge is 0.255 e. The van der Waals surface area contributed by atoms with E-state index in [4.69, 9.17) is 10.8 Å². The summed E-state index contributed by atoms with van der Waals surface area (Å²) in [6, 6.07) is 5.18. The van der Waals surface area contributed by atoms with Gasteiger partial charge >= 0.3 is 0 Å². The van der Waals surface area contributed by atoms with Crippen LogP contribution in [0.2, 0.25) is 0 Å². The van der Waals surface area contributed by atoms with Gasteiger partial charge in [-0.1, -0.05) is 6.07 Å². The second kappa shape index (κ2) is 3.83. The summed E-state index contributed by atoms with van der Waals surface area (Å²) in [4.78, 5) is 13.5. The van der Waals surface area contributed by atoms with Gasteiger partial charge in [0.25, 0.3) is 5.91 Å². The number of β-amino-alcohol motifs (C(OH)–C–C–N with tert-alkyl or cyclic N) is 1. The number of amides is 1. The van der Waals surface area contributed by atoms with E-state index in [2.05, 4.69) is 15.9 Å². The van der Waals surface area contributed by atoms with E-state index in [-0.39, 0.29) is 12.0 Å². The molecule has 0 radical (unpaired) electrons. The van der Waals surface area contributed by atoms with E-state index in [1.165, 1.54) is 0 Å². The van der Waals surface area contributed by atoms with Crippen molar-refractivity contribution in [3.05, 3.63) is 28.2 Å². The van der Waals surface area contributed by atoms with Crippen molar-refractivity contribution < 1.29 is 9.90 Å². The van der Waals surface area contributed by atoms with E-state index in [0.717, 1.165) is 0 Å². The number of hydrogen-bond donors (Lipinski definition) is 2. The molecule has 15 heavy (non-hydrogen) atoms. The quantitative estimate of drug-likeness (QED) is 0.744. The van der Waals surface area contributed by atoms with E-state index in [0.29, 0.717) is 28.8 Å². The maximum atomic E-state index is 11.9. The second-order valence-corrected chi connectivity index (χ2v) is 4.37. The molecule has 1 amide bonds. The second-order valence-electron chi connectivity index (χ2n) is 3.57. The fourth-order valence-electron chi connectivity index (χ4n) is 1.51. The molecule has 1 aromatic rings. The van der Waals surface area contributed by atoms with Crippen molar-refractivity contribution in [3.8, 4) is 0 Å². The van der Waals surface area contributed by atoms with Gasteiger partial charge < -0.3 is 15.7 Å². The fourth-order valence-corrected chi connectivity index (χ4v) is 1.94. The summed E-state index contributed by atoms with van der Waals surface area (Å²) in [7, 11) is 0. The number of nitrogens with zero attached hydrogens (tertiary/aromatic N) is 1. The lowest BCUT2D eigenvalue weighted by Gasteiger charge is -2.36. The molecule has 0 aromatic heterocycles. The van der Waals surface area contributed by atoms with Gasteiger partial charge in [-0.2, -0.15) is 0 Å². The number of carbonyl (C=O) groups excluding carboxylic acids is 1. The highest BCUT2D eigenvalue weighted by atomic mass is 79.9. The summed E-state index contributed by atoms with van der Waals surface area (Å²) in [5.41, 5.74) is 6.77. The van der Waals surface area contributed by atoms with Crippen molar-refractivity contribution in [1.82, 2.24) is 4.90 Å². The predicted molar refractivity (Wildman–Crippen MR) is 60.5 cm³/mol. The van der Waals surface area contributed by atoms with Gasteiger partial charge in [0.1, 0.15) is 0 Å². The Morgan fingerprint density at radius 1 is 1.53 bits per heavy atom. The third-order valence-electron chi connectivity index (χ3n) is 2.41. The highest BCUT2D eigenvalue weighted by molar-refractivity contribution is 9.10. The van der Waals surface area contributed by atoms with Crippen molar-refractivity contribution in [1.29, 1.82) is 0 Å². The van der Waals surface area contributed by atoms with Crippen LogP contribution in [0.4, 0.5) is 5.69 Å². The topological polar surface area (TPSA) is 66.6 Å². The summed E-state index contributed by atoms with van der Waals surface area (Å²) in [5.74, 6) is -0.0977. The number of nitrogen functional groups attached to an aromatic ring is 1. The summed E-state index contributed by atoms with van der Waals surface area (Å²) < 4.78 is 0.622. The molecule has 5 heteroatoms. The van der Waals surface area contributed by atoms with Crippen molar-refractivity contribution in [2.24, 2.45) is 0 Å². The molecule has 1 saturated heterocycles. The molecule has 1 aliphatic rings. The van der Waals surface area contributed by atoms with Crippen LogP contribution in [0.1, 0.15) is 10.4 Å². The Bertz CT molecular complexity index is 402. The molecule has 4 nitrogen and oxygen atoms in total. The molecular formula is C10H11BrN2O2. The molecule has 0 bridgehead atoms. The third-order valence-corrected chi connectivity index (χ3v) is 3.29. The minimum absolute atomic E-state index is 0.0977. The molecule has 0 atom stereocenters. The number of nitrogens with two attached hydrogens (primary N) is 1. The van der Waals surface area contributed by atoms with Crippen LogP contribution in [0.15, 0.2) is 22.7 Å². The molecule has 1 fully saturated rings. The highest BCUT2D eigenvalue weighted by Crippen LogP contribution is 2.26. The average Bonchev–Trinajstić information content (AvgIpc) is 2.16. The first kappa shape index (κ1) is 10.4. The molecule has 0 aliphatic carbocycles. The normalized spacial score (nSPS) is 16.3. The predicted octanol–water partition coefficient (Wildman–Crippen LogP) is 0.848. The average molecular weight is 271 g/mol. The number of benzene rings is 1. The van der Waals surface area contributed by atoms with Crippen LogP contribution in [0.3, 0.4) is 0 Å². The van der Waals surface area contributed by atoms with Crippen LogP contribution in [-0.4, -0.2) is 35.1 Å². The Balaban J connectivity index is 2.22. The van der Waals surface area contributed by atoms with Crippen LogP contribution >= 0.6 is 15.9 Å². The SMILES string of the molecule is Nc1cccc(C(=O)N2CC(O)C2)c1Br. The lowest BCUT2D eigenvalue weighted by atomic mass is 10.1. The highest BCUT2D eigenvalue weighted by Gasteiger charge is 2.30. The zero-order valence-electron chi connectivity index (χ0n) is 7.98. The Labute approximate surface area is 95.8 Å². The van der Waals surface area contributed by atoms with Crippen LogP contribution in [0.5, 0.6) is 0 Å². The largest absolute Gasteiger partial charge is 0.398 e. The fraction of sp³-hybridized carbons (Fsp3) is 0.300. The van der Waals surface area contributed by atoms with E-state index in [1.807, 2.05) is 0 Å². The molecule has 0 spiro atoms. The number of aliphatic hydroxyl groups excluding tert-OH is 1. The van der Waals surface area contributed by atoms with E-state index >= 15 is 0 Å². The Hall–Kier alpha value is -1.07. The maximum Gasteiger partial charge on any atom is 0.255 e. The van der Waals surface area contributed by atoms with Crippen LogP contribution in [-0.2, 0) is 0 Å². The summed E-state index contributed by atoms with van der Waals surface area (Å²) in [5, 5.41) is 9.11. The number of carbonyl (C=O) groups is 1. The van der Waals surface area contributed by atoms with E-state index in [9.17, 15) is 4.79 Å². The summed E-state index contributed by atoms with van der Waals surface area (Å²) >= 11 is 3.28.